The molecule has 4 N–H and O–H groups in total. The maximum absolute atomic E-state index is 12.4. The molecule has 0 bridgehead atoms. The van der Waals surface area contributed by atoms with Gasteiger partial charge in [-0.15, -0.1) is 24.8 Å². The number of amides is 1. The van der Waals surface area contributed by atoms with Crippen molar-refractivity contribution in [1.29, 1.82) is 0 Å². The summed E-state index contributed by atoms with van der Waals surface area (Å²) in [5.74, 6) is 0.0452. The number of nitrogens with one attached hydrogen (secondary N) is 1. The van der Waals surface area contributed by atoms with Crippen LogP contribution < -0.4 is 11.1 Å². The van der Waals surface area contributed by atoms with Gasteiger partial charge < -0.3 is 16.2 Å². The van der Waals surface area contributed by atoms with Crippen LogP contribution in [0.1, 0.15) is 39.2 Å². The van der Waals surface area contributed by atoms with Gasteiger partial charge in [0, 0.05) is 18.1 Å². The van der Waals surface area contributed by atoms with E-state index in [1.165, 1.54) is 0 Å². The number of aliphatic hydroxyl groups is 1. The van der Waals surface area contributed by atoms with Crippen molar-refractivity contribution in [3.05, 3.63) is 35.9 Å². The quantitative estimate of drug-likeness (QED) is 0.677. The monoisotopic (exact) mass is 405 g/mol. The van der Waals surface area contributed by atoms with Gasteiger partial charge in [-0.1, -0.05) is 30.3 Å². The standard InChI is InChI=1S/C19H31N3O2.2ClH/c1-19(2,3)21-18(24)16-10-7-11-22(16)13-17(23)15(20)12-14-8-5-4-6-9-14;;/h4-6,8-9,15-17,23H,7,10-13,20H2,1-3H3,(H,21,24);2*1H/t15?,16-,17?;;/m0../s1. The van der Waals surface area contributed by atoms with E-state index < -0.39 is 6.10 Å². The minimum Gasteiger partial charge on any atom is -0.390 e. The number of likely N-dealkylation sites (tertiary alicyclic amines) is 1. The number of hydrogen-bond donors (Lipinski definition) is 3. The van der Waals surface area contributed by atoms with Gasteiger partial charge in [-0.25, -0.2) is 0 Å². The molecule has 1 heterocycles. The maximum atomic E-state index is 12.4. The molecule has 26 heavy (non-hydrogen) atoms. The molecule has 150 valence electrons. The highest BCUT2D eigenvalue weighted by Gasteiger charge is 2.34. The Labute approximate surface area is 169 Å². The molecule has 0 spiro atoms. The van der Waals surface area contributed by atoms with Crippen molar-refractivity contribution in [3.8, 4) is 0 Å². The zero-order valence-electron chi connectivity index (χ0n) is 15.9. The molecule has 1 amide bonds. The molecular weight excluding hydrogens is 373 g/mol. The lowest BCUT2D eigenvalue weighted by Gasteiger charge is -2.30. The zero-order chi connectivity index (χ0) is 17.7. The summed E-state index contributed by atoms with van der Waals surface area (Å²) in [4.78, 5) is 14.5. The highest BCUT2D eigenvalue weighted by molar-refractivity contribution is 5.85. The molecule has 1 aromatic rings. The van der Waals surface area contributed by atoms with E-state index in [4.69, 9.17) is 5.73 Å². The molecule has 3 atom stereocenters. The Kier molecular flexibility index (Phi) is 10.7. The number of nitrogens with zero attached hydrogens (tertiary/aromatic N) is 1. The Balaban J connectivity index is 0.00000312. The van der Waals surface area contributed by atoms with Gasteiger partial charge in [0.05, 0.1) is 12.1 Å². The van der Waals surface area contributed by atoms with Gasteiger partial charge >= 0.3 is 0 Å². The molecule has 0 saturated carbocycles. The number of nitrogens with two attached hydrogens (primary N) is 1. The van der Waals surface area contributed by atoms with E-state index >= 15 is 0 Å². The molecule has 1 aliphatic heterocycles. The second kappa shape index (κ2) is 11.1. The fourth-order valence-corrected chi connectivity index (χ4v) is 3.19. The molecule has 1 aromatic carbocycles. The number of benzene rings is 1. The molecular formula is C19H33Cl2N3O2. The van der Waals surface area contributed by atoms with Gasteiger partial charge in [0.1, 0.15) is 0 Å². The minimum atomic E-state index is -0.645. The Hall–Kier alpha value is -0.850. The summed E-state index contributed by atoms with van der Waals surface area (Å²) in [5, 5.41) is 13.5. The van der Waals surface area contributed by atoms with E-state index in [0.717, 1.165) is 24.9 Å². The van der Waals surface area contributed by atoms with Crippen molar-refractivity contribution in [2.24, 2.45) is 5.73 Å². The fraction of sp³-hybridized carbons (Fsp3) is 0.632. The van der Waals surface area contributed by atoms with Crippen LogP contribution in [0.5, 0.6) is 0 Å². The van der Waals surface area contributed by atoms with Crippen molar-refractivity contribution in [2.75, 3.05) is 13.1 Å². The first-order chi connectivity index (χ1) is 11.3. The Morgan fingerprint density at radius 1 is 1.31 bits per heavy atom. The third-order valence-electron chi connectivity index (χ3n) is 4.39. The van der Waals surface area contributed by atoms with Crippen LogP contribution in [-0.4, -0.2) is 52.7 Å². The van der Waals surface area contributed by atoms with Crippen LogP contribution in [-0.2, 0) is 11.2 Å². The van der Waals surface area contributed by atoms with E-state index in [9.17, 15) is 9.90 Å². The van der Waals surface area contributed by atoms with Crippen LogP contribution >= 0.6 is 24.8 Å². The molecule has 2 rings (SSSR count). The molecule has 1 aliphatic rings. The number of carbonyl (C=O) groups is 1. The number of β-amino-alcohol motifs (C(OH)–C–C–N with tert-alkyl or cyclic N) is 1. The Bertz CT molecular complexity index is 537. The predicted octanol–water partition coefficient (Wildman–Crippen LogP) is 2.14. The summed E-state index contributed by atoms with van der Waals surface area (Å²) in [6.07, 6.45) is 1.80. The van der Waals surface area contributed by atoms with Gasteiger partial charge in [-0.3, -0.25) is 9.69 Å². The highest BCUT2D eigenvalue weighted by Crippen LogP contribution is 2.19. The van der Waals surface area contributed by atoms with Crippen LogP contribution in [0.15, 0.2) is 30.3 Å². The number of halogens is 2. The molecule has 0 radical (unpaired) electrons. The van der Waals surface area contributed by atoms with Crippen molar-refractivity contribution in [3.63, 3.8) is 0 Å². The smallest absolute Gasteiger partial charge is 0.237 e. The number of carbonyl (C=O) groups excluding carboxylic acids is 1. The fourth-order valence-electron chi connectivity index (χ4n) is 3.19. The van der Waals surface area contributed by atoms with Gasteiger partial charge in [0.2, 0.25) is 5.91 Å². The summed E-state index contributed by atoms with van der Waals surface area (Å²) < 4.78 is 0. The van der Waals surface area contributed by atoms with Gasteiger partial charge in [0.15, 0.2) is 0 Å². The van der Waals surface area contributed by atoms with Crippen molar-refractivity contribution >= 4 is 30.7 Å². The van der Waals surface area contributed by atoms with Crippen LogP contribution in [0.4, 0.5) is 0 Å². The third kappa shape index (κ3) is 7.80. The predicted molar refractivity (Wildman–Crippen MR) is 111 cm³/mol. The summed E-state index contributed by atoms with van der Waals surface area (Å²) in [6, 6.07) is 9.45. The van der Waals surface area contributed by atoms with E-state index in [1.807, 2.05) is 51.1 Å². The molecule has 1 fully saturated rings. The SMILES string of the molecule is CC(C)(C)NC(=O)[C@@H]1CCCN1CC(O)C(N)Cc1ccccc1.Cl.Cl. The molecule has 5 nitrogen and oxygen atoms in total. The van der Waals surface area contributed by atoms with Gasteiger partial charge in [0.25, 0.3) is 0 Å². The lowest BCUT2D eigenvalue weighted by atomic mass is 10.0. The van der Waals surface area contributed by atoms with Crippen LogP contribution in [0.3, 0.4) is 0 Å². The van der Waals surface area contributed by atoms with Crippen molar-refractivity contribution < 1.29 is 9.90 Å². The van der Waals surface area contributed by atoms with Crippen LogP contribution in [0, 0.1) is 0 Å². The maximum Gasteiger partial charge on any atom is 0.237 e. The number of rotatable bonds is 6. The summed E-state index contributed by atoms with van der Waals surface area (Å²) in [7, 11) is 0. The van der Waals surface area contributed by atoms with E-state index in [1.54, 1.807) is 0 Å². The minimum absolute atomic E-state index is 0. The van der Waals surface area contributed by atoms with Crippen molar-refractivity contribution in [1.82, 2.24) is 10.2 Å². The Morgan fingerprint density at radius 3 is 2.50 bits per heavy atom. The summed E-state index contributed by atoms with van der Waals surface area (Å²) in [5.41, 5.74) is 7.05. The molecule has 2 unspecified atom stereocenters. The van der Waals surface area contributed by atoms with Crippen LogP contribution in [0.2, 0.25) is 0 Å². The van der Waals surface area contributed by atoms with Crippen molar-refractivity contribution in [2.45, 2.75) is 63.8 Å². The topological polar surface area (TPSA) is 78.6 Å². The average Bonchev–Trinajstić information content (AvgIpc) is 2.94. The van der Waals surface area contributed by atoms with E-state index in [2.05, 4.69) is 10.2 Å². The van der Waals surface area contributed by atoms with Crippen LogP contribution in [0.25, 0.3) is 0 Å². The highest BCUT2D eigenvalue weighted by atomic mass is 35.5. The zero-order valence-corrected chi connectivity index (χ0v) is 17.5. The lowest BCUT2D eigenvalue weighted by molar-refractivity contribution is -0.127. The largest absolute Gasteiger partial charge is 0.390 e. The normalized spacial score (nSPS) is 19.8. The first kappa shape index (κ1) is 25.1. The van der Waals surface area contributed by atoms with Gasteiger partial charge in [-0.2, -0.15) is 0 Å². The molecule has 0 aromatic heterocycles. The number of aliphatic hydroxyl groups excluding tert-OH is 1. The van der Waals surface area contributed by atoms with Gasteiger partial charge in [-0.05, 0) is 52.1 Å². The van der Waals surface area contributed by atoms with E-state index in [0.29, 0.717) is 13.0 Å². The lowest BCUT2D eigenvalue weighted by Crippen LogP contribution is -2.53. The Morgan fingerprint density at radius 2 is 1.92 bits per heavy atom. The first-order valence-corrected chi connectivity index (χ1v) is 8.80. The first-order valence-electron chi connectivity index (χ1n) is 8.80. The second-order valence-corrected chi connectivity index (χ2v) is 7.81. The molecule has 7 heteroatoms. The molecule has 1 saturated heterocycles. The third-order valence-corrected chi connectivity index (χ3v) is 4.39. The number of hydrogen-bond acceptors (Lipinski definition) is 4. The average molecular weight is 406 g/mol. The van der Waals surface area contributed by atoms with E-state index in [-0.39, 0.29) is 48.3 Å². The summed E-state index contributed by atoms with van der Waals surface area (Å²) in [6.45, 7) is 7.21. The second-order valence-electron chi connectivity index (χ2n) is 7.81. The molecule has 0 aliphatic carbocycles. The summed E-state index contributed by atoms with van der Waals surface area (Å²) >= 11 is 0.